The summed E-state index contributed by atoms with van der Waals surface area (Å²) in [4.78, 5) is 22.5. The molecule has 0 heterocycles. The van der Waals surface area contributed by atoms with Crippen molar-refractivity contribution >= 4 is 29.1 Å². The number of amides is 2. The first-order valence-electron chi connectivity index (χ1n) is 5.50. The minimum Gasteiger partial charge on any atom is -0.358 e. The summed E-state index contributed by atoms with van der Waals surface area (Å²) >= 11 is 5.82. The second-order valence-electron chi connectivity index (χ2n) is 3.78. The molecular formula is C12H16ClN3O2. The molecule has 0 fully saturated rings. The molecule has 0 saturated carbocycles. The minimum atomic E-state index is -0.204. The zero-order valence-electron chi connectivity index (χ0n) is 10.3. The number of likely N-dealkylation sites (N-methyl/N-ethyl adjacent to an activating group) is 1. The number of carbonyl (C=O) groups excluding carboxylic acids is 2. The van der Waals surface area contributed by atoms with Gasteiger partial charge in [0.15, 0.2) is 0 Å². The van der Waals surface area contributed by atoms with E-state index in [2.05, 4.69) is 16.0 Å². The maximum Gasteiger partial charge on any atom is 0.238 e. The van der Waals surface area contributed by atoms with Crippen LogP contribution in [0, 0.1) is 6.92 Å². The first-order chi connectivity index (χ1) is 8.52. The lowest BCUT2D eigenvalue weighted by Crippen LogP contribution is -2.36. The molecule has 0 aliphatic heterocycles. The van der Waals surface area contributed by atoms with Gasteiger partial charge in [0.2, 0.25) is 11.8 Å². The molecule has 0 aromatic heterocycles. The number of aryl methyl sites for hydroxylation is 1. The molecule has 2 amide bonds. The van der Waals surface area contributed by atoms with Crippen LogP contribution in [0.2, 0.25) is 5.02 Å². The molecule has 1 aromatic rings. The third kappa shape index (κ3) is 4.73. The summed E-state index contributed by atoms with van der Waals surface area (Å²) in [5, 5.41) is 8.56. The number of carbonyl (C=O) groups is 2. The lowest BCUT2D eigenvalue weighted by atomic mass is 10.2. The zero-order valence-corrected chi connectivity index (χ0v) is 11.1. The van der Waals surface area contributed by atoms with Gasteiger partial charge in [-0.2, -0.15) is 0 Å². The van der Waals surface area contributed by atoms with E-state index in [9.17, 15) is 9.59 Å². The van der Waals surface area contributed by atoms with Gasteiger partial charge in [0, 0.05) is 17.8 Å². The number of anilines is 1. The van der Waals surface area contributed by atoms with Crippen molar-refractivity contribution in [1.82, 2.24) is 10.6 Å². The standard InChI is InChI=1S/C12H16ClN3O2/c1-8-5-9(13)3-4-10(8)16-12(18)7-15-6-11(17)14-2/h3-5,15H,6-7H2,1-2H3,(H,14,17)(H,16,18). The Morgan fingerprint density at radius 2 is 1.89 bits per heavy atom. The lowest BCUT2D eigenvalue weighted by Gasteiger charge is -2.09. The smallest absolute Gasteiger partial charge is 0.238 e. The first kappa shape index (κ1) is 14.5. The largest absolute Gasteiger partial charge is 0.358 e. The number of rotatable bonds is 5. The van der Waals surface area contributed by atoms with E-state index in [4.69, 9.17) is 11.6 Å². The van der Waals surface area contributed by atoms with Crippen molar-refractivity contribution in [3.63, 3.8) is 0 Å². The lowest BCUT2D eigenvalue weighted by molar-refractivity contribution is -0.119. The highest BCUT2D eigenvalue weighted by Gasteiger charge is 2.05. The fourth-order valence-electron chi connectivity index (χ4n) is 1.34. The van der Waals surface area contributed by atoms with Gasteiger partial charge in [-0.1, -0.05) is 11.6 Å². The predicted octanol–water partition coefficient (Wildman–Crippen LogP) is 0.923. The van der Waals surface area contributed by atoms with Crippen molar-refractivity contribution < 1.29 is 9.59 Å². The Morgan fingerprint density at radius 1 is 1.22 bits per heavy atom. The van der Waals surface area contributed by atoms with E-state index in [-0.39, 0.29) is 24.9 Å². The zero-order chi connectivity index (χ0) is 13.5. The number of hydrogen-bond acceptors (Lipinski definition) is 3. The maximum atomic E-state index is 11.6. The molecule has 1 rings (SSSR count). The molecule has 5 nitrogen and oxygen atoms in total. The molecule has 0 radical (unpaired) electrons. The van der Waals surface area contributed by atoms with Crippen LogP contribution in [-0.2, 0) is 9.59 Å². The summed E-state index contributed by atoms with van der Waals surface area (Å²) < 4.78 is 0. The van der Waals surface area contributed by atoms with E-state index < -0.39 is 0 Å². The average molecular weight is 270 g/mol. The Hall–Kier alpha value is -1.59. The maximum absolute atomic E-state index is 11.6. The van der Waals surface area contributed by atoms with E-state index in [1.807, 2.05) is 6.92 Å². The van der Waals surface area contributed by atoms with Crippen molar-refractivity contribution in [1.29, 1.82) is 0 Å². The Kier molecular flexibility index (Phi) is 5.61. The summed E-state index contributed by atoms with van der Waals surface area (Å²) in [6.45, 7) is 2.05. The Morgan fingerprint density at radius 3 is 2.50 bits per heavy atom. The van der Waals surface area contributed by atoms with E-state index in [0.717, 1.165) is 5.56 Å². The summed E-state index contributed by atoms with van der Waals surface area (Å²) in [6, 6.07) is 5.23. The Balaban J connectivity index is 2.42. The molecule has 3 N–H and O–H groups in total. The van der Waals surface area contributed by atoms with Crippen LogP contribution in [0.4, 0.5) is 5.69 Å². The SMILES string of the molecule is CNC(=O)CNCC(=O)Nc1ccc(Cl)cc1C. The van der Waals surface area contributed by atoms with Gasteiger partial charge in [0.05, 0.1) is 13.1 Å². The molecule has 0 aliphatic carbocycles. The molecule has 6 heteroatoms. The van der Waals surface area contributed by atoms with Gasteiger partial charge in [-0.25, -0.2) is 0 Å². The van der Waals surface area contributed by atoms with Gasteiger partial charge < -0.3 is 10.6 Å². The molecule has 0 atom stereocenters. The van der Waals surface area contributed by atoms with Gasteiger partial charge in [-0.05, 0) is 30.7 Å². The highest BCUT2D eigenvalue weighted by atomic mass is 35.5. The topological polar surface area (TPSA) is 70.2 Å². The highest BCUT2D eigenvalue weighted by molar-refractivity contribution is 6.30. The molecule has 0 saturated heterocycles. The van der Waals surface area contributed by atoms with Crippen LogP contribution in [0.3, 0.4) is 0 Å². The van der Waals surface area contributed by atoms with E-state index in [1.165, 1.54) is 0 Å². The molecule has 98 valence electrons. The molecule has 0 unspecified atom stereocenters. The molecule has 1 aromatic carbocycles. The van der Waals surface area contributed by atoms with Crippen LogP contribution in [0.1, 0.15) is 5.56 Å². The quantitative estimate of drug-likeness (QED) is 0.745. The second kappa shape index (κ2) is 6.98. The Labute approximate surface area is 111 Å². The molecular weight excluding hydrogens is 254 g/mol. The van der Waals surface area contributed by atoms with Crippen LogP contribution < -0.4 is 16.0 Å². The van der Waals surface area contributed by atoms with Crippen molar-refractivity contribution in [2.45, 2.75) is 6.92 Å². The van der Waals surface area contributed by atoms with Crippen LogP contribution in [0.25, 0.3) is 0 Å². The molecule has 18 heavy (non-hydrogen) atoms. The third-order valence-electron chi connectivity index (χ3n) is 2.31. The summed E-state index contributed by atoms with van der Waals surface area (Å²) in [5.41, 5.74) is 1.60. The van der Waals surface area contributed by atoms with Gasteiger partial charge in [0.25, 0.3) is 0 Å². The van der Waals surface area contributed by atoms with Crippen molar-refractivity contribution in [3.05, 3.63) is 28.8 Å². The van der Waals surface area contributed by atoms with Crippen molar-refractivity contribution in [2.24, 2.45) is 0 Å². The molecule has 0 aliphatic rings. The van der Waals surface area contributed by atoms with Gasteiger partial charge in [-0.15, -0.1) is 0 Å². The second-order valence-corrected chi connectivity index (χ2v) is 4.22. The number of hydrogen-bond donors (Lipinski definition) is 3. The van der Waals surface area contributed by atoms with Gasteiger partial charge >= 0.3 is 0 Å². The number of nitrogens with one attached hydrogen (secondary N) is 3. The predicted molar refractivity (Wildman–Crippen MR) is 71.8 cm³/mol. The summed E-state index contributed by atoms with van der Waals surface area (Å²) in [7, 11) is 1.54. The van der Waals surface area contributed by atoms with Gasteiger partial charge in [0.1, 0.15) is 0 Å². The first-order valence-corrected chi connectivity index (χ1v) is 5.88. The van der Waals surface area contributed by atoms with Crippen LogP contribution in [0.5, 0.6) is 0 Å². The van der Waals surface area contributed by atoms with Crippen LogP contribution >= 0.6 is 11.6 Å². The molecule has 0 bridgehead atoms. The normalized spacial score (nSPS) is 9.94. The summed E-state index contributed by atoms with van der Waals surface area (Å²) in [6.07, 6.45) is 0. The summed E-state index contributed by atoms with van der Waals surface area (Å²) in [5.74, 6) is -0.366. The van der Waals surface area contributed by atoms with E-state index in [0.29, 0.717) is 10.7 Å². The fourth-order valence-corrected chi connectivity index (χ4v) is 1.57. The fraction of sp³-hybridized carbons (Fsp3) is 0.333. The van der Waals surface area contributed by atoms with Crippen molar-refractivity contribution in [3.8, 4) is 0 Å². The third-order valence-corrected chi connectivity index (χ3v) is 2.55. The number of benzene rings is 1. The Bertz CT molecular complexity index is 449. The van der Waals surface area contributed by atoms with Crippen molar-refractivity contribution in [2.75, 3.05) is 25.5 Å². The highest BCUT2D eigenvalue weighted by Crippen LogP contribution is 2.19. The minimum absolute atomic E-state index is 0.0789. The van der Waals surface area contributed by atoms with E-state index in [1.54, 1.807) is 25.2 Å². The number of halogens is 1. The average Bonchev–Trinajstić information content (AvgIpc) is 2.32. The van der Waals surface area contributed by atoms with Gasteiger partial charge in [-0.3, -0.25) is 14.9 Å². The van der Waals surface area contributed by atoms with E-state index >= 15 is 0 Å². The van der Waals surface area contributed by atoms with Crippen LogP contribution in [0.15, 0.2) is 18.2 Å². The van der Waals surface area contributed by atoms with Crippen LogP contribution in [-0.4, -0.2) is 32.0 Å². The molecule has 0 spiro atoms. The monoisotopic (exact) mass is 269 g/mol.